The van der Waals surface area contributed by atoms with Crippen molar-refractivity contribution in [2.75, 3.05) is 0 Å². The molecule has 2 rings (SSSR count). The first-order chi connectivity index (χ1) is 8.90. The molecule has 0 bridgehead atoms. The number of carbonyl (C=O) groups is 1. The topological polar surface area (TPSA) is 98.2 Å². The highest BCUT2D eigenvalue weighted by molar-refractivity contribution is 5.88. The summed E-state index contributed by atoms with van der Waals surface area (Å²) in [6.45, 7) is 5.03. The Morgan fingerprint density at radius 3 is 2.58 bits per heavy atom. The van der Waals surface area contributed by atoms with Crippen LogP contribution in [-0.4, -0.2) is 25.8 Å². The van der Waals surface area contributed by atoms with E-state index in [-0.39, 0.29) is 18.0 Å². The number of hydrogen-bond donors (Lipinski definition) is 1. The molecule has 0 unspecified atom stereocenters. The van der Waals surface area contributed by atoms with Crippen LogP contribution in [0, 0.1) is 20.8 Å². The van der Waals surface area contributed by atoms with E-state index in [1.807, 2.05) is 0 Å². The van der Waals surface area contributed by atoms with Gasteiger partial charge in [0.2, 0.25) is 11.8 Å². The fraction of sp³-hybridized carbons (Fsp3) is 0.333. The van der Waals surface area contributed by atoms with Crippen molar-refractivity contribution in [1.29, 1.82) is 0 Å². The molecule has 0 aromatic carbocycles. The molecule has 0 radical (unpaired) electrons. The van der Waals surface area contributed by atoms with Crippen LogP contribution >= 0.6 is 0 Å². The average molecular weight is 263 g/mol. The fourth-order valence-corrected chi connectivity index (χ4v) is 1.92. The fourth-order valence-electron chi connectivity index (χ4n) is 1.92. The van der Waals surface area contributed by atoms with Crippen LogP contribution in [0.2, 0.25) is 0 Å². The quantitative estimate of drug-likeness (QED) is 0.883. The van der Waals surface area contributed by atoms with E-state index in [4.69, 9.17) is 9.52 Å². The van der Waals surface area contributed by atoms with Crippen molar-refractivity contribution < 1.29 is 14.3 Å². The van der Waals surface area contributed by atoms with Gasteiger partial charge in [-0.15, -0.1) is 10.2 Å². The van der Waals surface area contributed by atoms with Gasteiger partial charge in [-0.05, 0) is 25.5 Å². The van der Waals surface area contributed by atoms with E-state index in [9.17, 15) is 9.59 Å². The summed E-state index contributed by atoms with van der Waals surface area (Å²) < 4.78 is 6.51. The Balaban J connectivity index is 2.54. The monoisotopic (exact) mass is 263 g/mol. The maximum absolute atomic E-state index is 12.2. The first-order valence-corrected chi connectivity index (χ1v) is 5.63. The molecule has 2 heterocycles. The predicted molar refractivity (Wildman–Crippen MR) is 65.3 cm³/mol. The minimum absolute atomic E-state index is 0.0616. The van der Waals surface area contributed by atoms with Gasteiger partial charge in [0, 0.05) is 12.6 Å². The van der Waals surface area contributed by atoms with Crippen molar-refractivity contribution in [2.24, 2.45) is 0 Å². The van der Waals surface area contributed by atoms with Gasteiger partial charge in [0.25, 0.3) is 5.56 Å². The van der Waals surface area contributed by atoms with Gasteiger partial charge >= 0.3 is 5.97 Å². The molecule has 7 heteroatoms. The zero-order valence-corrected chi connectivity index (χ0v) is 10.8. The van der Waals surface area contributed by atoms with Gasteiger partial charge in [-0.2, -0.15) is 0 Å². The number of carboxylic acids is 1. The van der Waals surface area contributed by atoms with E-state index < -0.39 is 11.5 Å². The number of nitrogens with zero attached hydrogens (tertiary/aromatic N) is 3. The van der Waals surface area contributed by atoms with Crippen LogP contribution in [0.4, 0.5) is 0 Å². The molecular formula is C12H13N3O4. The van der Waals surface area contributed by atoms with E-state index in [1.165, 1.54) is 4.57 Å². The molecule has 2 aromatic rings. The number of carboxylic acid groups (broad SMARTS) is 1. The van der Waals surface area contributed by atoms with Crippen LogP contribution < -0.4 is 5.56 Å². The number of pyridine rings is 1. The molecule has 0 aliphatic carbocycles. The maximum atomic E-state index is 12.2. The summed E-state index contributed by atoms with van der Waals surface area (Å²) in [7, 11) is 0. The molecule has 2 aromatic heterocycles. The predicted octanol–water partition coefficient (Wildman–Crippen LogP) is 0.903. The summed E-state index contributed by atoms with van der Waals surface area (Å²) in [6, 6.07) is 1.65. The Kier molecular flexibility index (Phi) is 3.20. The molecule has 19 heavy (non-hydrogen) atoms. The number of rotatable bonds is 3. The molecule has 0 spiro atoms. The summed E-state index contributed by atoms with van der Waals surface area (Å²) in [5, 5.41) is 16.5. The third-order valence-electron chi connectivity index (χ3n) is 2.78. The lowest BCUT2D eigenvalue weighted by molar-refractivity contribution is 0.0693. The second-order valence-electron chi connectivity index (χ2n) is 4.26. The Hall–Kier alpha value is -2.44. The van der Waals surface area contributed by atoms with Crippen LogP contribution in [0.15, 0.2) is 15.3 Å². The van der Waals surface area contributed by atoms with Crippen molar-refractivity contribution in [2.45, 2.75) is 27.3 Å². The molecule has 0 fully saturated rings. The molecule has 0 saturated heterocycles. The number of aryl methyl sites for hydroxylation is 3. The third kappa shape index (κ3) is 2.40. The highest BCUT2D eigenvalue weighted by atomic mass is 16.4. The highest BCUT2D eigenvalue weighted by Crippen LogP contribution is 2.08. The van der Waals surface area contributed by atoms with Crippen molar-refractivity contribution in [1.82, 2.24) is 14.8 Å². The van der Waals surface area contributed by atoms with E-state index >= 15 is 0 Å². The summed E-state index contributed by atoms with van der Waals surface area (Å²) in [5.41, 5.74) is 0.277. The normalized spacial score (nSPS) is 10.7. The van der Waals surface area contributed by atoms with Gasteiger partial charge in [-0.3, -0.25) is 4.79 Å². The Morgan fingerprint density at radius 1 is 1.37 bits per heavy atom. The molecule has 1 N–H and O–H groups in total. The molecule has 0 atom stereocenters. The van der Waals surface area contributed by atoms with Crippen molar-refractivity contribution in [3.63, 3.8) is 0 Å². The van der Waals surface area contributed by atoms with Crippen molar-refractivity contribution in [3.05, 3.63) is 45.0 Å². The van der Waals surface area contributed by atoms with E-state index in [2.05, 4.69) is 10.2 Å². The first kappa shape index (κ1) is 13.0. The Labute approximate surface area is 108 Å². The minimum atomic E-state index is -1.24. The lowest BCUT2D eigenvalue weighted by Gasteiger charge is -2.10. The number of hydrogen-bond acceptors (Lipinski definition) is 5. The highest BCUT2D eigenvalue weighted by Gasteiger charge is 2.17. The van der Waals surface area contributed by atoms with Gasteiger partial charge in [0.1, 0.15) is 12.1 Å². The van der Waals surface area contributed by atoms with Crippen LogP contribution in [0.25, 0.3) is 0 Å². The van der Waals surface area contributed by atoms with Crippen LogP contribution in [0.1, 0.15) is 33.4 Å². The number of aromatic carboxylic acids is 1. The Morgan fingerprint density at radius 2 is 2.05 bits per heavy atom. The largest absolute Gasteiger partial charge is 0.477 e. The SMILES string of the molecule is Cc1nnc(Cn2c(C)cc(C)c(C(=O)O)c2=O)o1. The lowest BCUT2D eigenvalue weighted by atomic mass is 10.1. The van der Waals surface area contributed by atoms with Gasteiger partial charge in [0.05, 0.1) is 0 Å². The minimum Gasteiger partial charge on any atom is -0.477 e. The summed E-state index contributed by atoms with van der Waals surface area (Å²) >= 11 is 0. The van der Waals surface area contributed by atoms with Crippen LogP contribution in [0.3, 0.4) is 0 Å². The van der Waals surface area contributed by atoms with Gasteiger partial charge < -0.3 is 14.1 Å². The smallest absolute Gasteiger partial charge is 0.341 e. The maximum Gasteiger partial charge on any atom is 0.341 e. The standard InChI is InChI=1S/C12H13N3O4/c1-6-4-7(2)15(11(16)10(6)12(17)18)5-9-14-13-8(3)19-9/h4H,5H2,1-3H3,(H,17,18). The van der Waals surface area contributed by atoms with E-state index in [0.717, 1.165) is 0 Å². The molecule has 0 amide bonds. The van der Waals surface area contributed by atoms with E-state index in [1.54, 1.807) is 26.8 Å². The zero-order chi connectivity index (χ0) is 14.2. The number of aromatic nitrogens is 3. The van der Waals surface area contributed by atoms with Gasteiger partial charge in [-0.25, -0.2) is 4.79 Å². The van der Waals surface area contributed by atoms with Crippen molar-refractivity contribution in [3.8, 4) is 0 Å². The molecule has 0 aliphatic rings. The molecule has 100 valence electrons. The van der Waals surface area contributed by atoms with Gasteiger partial charge in [0.15, 0.2) is 0 Å². The first-order valence-electron chi connectivity index (χ1n) is 5.63. The van der Waals surface area contributed by atoms with Crippen molar-refractivity contribution >= 4 is 5.97 Å². The molecule has 0 saturated carbocycles. The van der Waals surface area contributed by atoms with Crippen LogP contribution in [0.5, 0.6) is 0 Å². The molecular weight excluding hydrogens is 250 g/mol. The third-order valence-corrected chi connectivity index (χ3v) is 2.78. The van der Waals surface area contributed by atoms with Gasteiger partial charge in [-0.1, -0.05) is 0 Å². The summed E-state index contributed by atoms with van der Waals surface area (Å²) in [5.74, 6) is -0.577. The second-order valence-corrected chi connectivity index (χ2v) is 4.26. The lowest BCUT2D eigenvalue weighted by Crippen LogP contribution is -2.29. The summed E-state index contributed by atoms with van der Waals surface area (Å²) in [6.07, 6.45) is 0. The average Bonchev–Trinajstić information content (AvgIpc) is 2.69. The van der Waals surface area contributed by atoms with Crippen LogP contribution in [-0.2, 0) is 6.54 Å². The molecule has 7 nitrogen and oxygen atoms in total. The Bertz CT molecular complexity index is 699. The zero-order valence-electron chi connectivity index (χ0n) is 10.8. The van der Waals surface area contributed by atoms with E-state index in [0.29, 0.717) is 17.1 Å². The second kappa shape index (κ2) is 4.68. The molecule has 0 aliphatic heterocycles. The summed E-state index contributed by atoms with van der Waals surface area (Å²) in [4.78, 5) is 23.3.